The molecule has 0 heterocycles. The fourth-order valence-electron chi connectivity index (χ4n) is 3.20. The van der Waals surface area contributed by atoms with Crippen LogP contribution in [0.1, 0.15) is 39.9 Å². The fraction of sp³-hybridized carbons (Fsp3) is 0.348. The third kappa shape index (κ3) is 9.67. The van der Waals surface area contributed by atoms with Gasteiger partial charge >= 0.3 is 18.5 Å². The van der Waals surface area contributed by atoms with Gasteiger partial charge in [0, 0.05) is 26.9 Å². The Labute approximate surface area is 227 Å². The van der Waals surface area contributed by atoms with Gasteiger partial charge in [-0.15, -0.1) is 0 Å². The molecule has 0 bridgehead atoms. The maximum absolute atomic E-state index is 14.9. The van der Waals surface area contributed by atoms with Crippen molar-refractivity contribution >= 4 is 51.0 Å². The van der Waals surface area contributed by atoms with Gasteiger partial charge in [0.1, 0.15) is 11.7 Å². The largest absolute Gasteiger partial charge is 0.417 e. The van der Waals surface area contributed by atoms with Crippen molar-refractivity contribution in [3.05, 3.63) is 74.2 Å². The molecule has 0 saturated heterocycles. The molecule has 0 saturated carbocycles. The first-order valence-electron chi connectivity index (χ1n) is 10.3. The number of rotatable bonds is 8. The quantitative estimate of drug-likeness (QED) is 0.286. The van der Waals surface area contributed by atoms with Gasteiger partial charge in [-0.05, 0) is 48.9 Å². The fourth-order valence-corrected chi connectivity index (χ4v) is 4.87. The zero-order chi connectivity index (χ0) is 29.1. The number of amides is 1. The van der Waals surface area contributed by atoms with Gasteiger partial charge in [-0.1, -0.05) is 33.6 Å². The number of carbonyl (C=O) groups excluding carboxylic acids is 1. The summed E-state index contributed by atoms with van der Waals surface area (Å²) in [5, 5.41) is 2.03. The van der Waals surface area contributed by atoms with Crippen molar-refractivity contribution in [2.75, 3.05) is 11.5 Å². The second-order valence-corrected chi connectivity index (χ2v) is 10.4. The first kappa shape index (κ1) is 32.3. The molecule has 0 aromatic heterocycles. The van der Waals surface area contributed by atoms with Gasteiger partial charge in [0.15, 0.2) is 0 Å². The Balaban J connectivity index is 2.39. The van der Waals surface area contributed by atoms with Crippen molar-refractivity contribution in [1.29, 1.82) is 0 Å². The van der Waals surface area contributed by atoms with Crippen LogP contribution in [0.4, 0.5) is 43.9 Å². The summed E-state index contributed by atoms with van der Waals surface area (Å²) in [5.41, 5.74) is -3.97. The molecule has 1 amide bonds. The zero-order valence-electron chi connectivity index (χ0n) is 19.0. The molecule has 210 valence electrons. The Bertz CT molecular complexity index is 1160. The highest BCUT2D eigenvalue weighted by atomic mass is 79.9. The summed E-state index contributed by atoms with van der Waals surface area (Å²) >= 11 is 9.15. The highest BCUT2D eigenvalue weighted by Crippen LogP contribution is 2.41. The first-order valence-corrected chi connectivity index (χ1v) is 12.7. The molecule has 38 heavy (non-hydrogen) atoms. The molecule has 2 atom stereocenters. The molecule has 0 aliphatic rings. The Morgan fingerprint density at radius 1 is 1.05 bits per heavy atom. The maximum atomic E-state index is 14.9. The number of hydrogen-bond donors (Lipinski definition) is 1. The molecule has 0 aliphatic carbocycles. The highest BCUT2D eigenvalue weighted by molar-refractivity contribution is 9.10. The predicted molar refractivity (Wildman–Crippen MR) is 129 cm³/mol. The number of nitrogens with one attached hydrogen (secondary N) is 1. The van der Waals surface area contributed by atoms with Gasteiger partial charge < -0.3 is 5.32 Å². The number of thioether (sulfide) groups is 1. The van der Waals surface area contributed by atoms with Gasteiger partial charge in [0.2, 0.25) is 0 Å². The standard InChI is InChI=1S/C23H17BrClF10NOS/c1-11(9-38-10-21(27,28)29)36-20(37)16-3-2-12(6-18(16)23(33,34)35)19(26)8-17(22(30,31)32)13-4-14(24)7-15(25)5-13/h2-8,11,17H,9-10H2,1H3,(H,36,37)/b19-8-. The van der Waals surface area contributed by atoms with E-state index in [2.05, 4.69) is 21.2 Å². The van der Waals surface area contributed by atoms with Crippen LogP contribution in [-0.2, 0) is 6.18 Å². The van der Waals surface area contributed by atoms with Crippen LogP contribution in [0, 0.1) is 0 Å². The van der Waals surface area contributed by atoms with Gasteiger partial charge in [-0.2, -0.15) is 51.3 Å². The van der Waals surface area contributed by atoms with E-state index >= 15 is 0 Å². The van der Waals surface area contributed by atoms with Crippen molar-refractivity contribution in [3.8, 4) is 0 Å². The van der Waals surface area contributed by atoms with E-state index in [1.165, 1.54) is 13.0 Å². The summed E-state index contributed by atoms with van der Waals surface area (Å²) in [6.45, 7) is 1.27. The van der Waals surface area contributed by atoms with E-state index in [1.807, 2.05) is 0 Å². The van der Waals surface area contributed by atoms with Crippen LogP contribution in [-0.4, -0.2) is 35.8 Å². The molecule has 2 unspecified atom stereocenters. The SMILES string of the molecule is CC(CSCC(F)(F)F)NC(=O)c1ccc(/C(F)=C/C(c2cc(Cl)cc(Br)c2)C(F)(F)F)cc1C(F)(F)F. The minimum absolute atomic E-state index is 0.0906. The number of hydrogen-bond acceptors (Lipinski definition) is 2. The third-order valence-electron chi connectivity index (χ3n) is 4.77. The molecule has 2 nitrogen and oxygen atoms in total. The molecule has 2 rings (SSSR count). The van der Waals surface area contributed by atoms with Crippen molar-refractivity contribution in [1.82, 2.24) is 5.32 Å². The average molecular weight is 661 g/mol. The lowest BCUT2D eigenvalue weighted by atomic mass is 9.95. The second-order valence-electron chi connectivity index (χ2n) is 8.00. The molecule has 0 radical (unpaired) electrons. The van der Waals surface area contributed by atoms with E-state index in [9.17, 15) is 48.7 Å². The van der Waals surface area contributed by atoms with Crippen molar-refractivity contribution in [3.63, 3.8) is 0 Å². The molecule has 2 aromatic carbocycles. The lowest BCUT2D eigenvalue weighted by Crippen LogP contribution is -2.35. The van der Waals surface area contributed by atoms with Crippen molar-refractivity contribution in [2.24, 2.45) is 0 Å². The van der Waals surface area contributed by atoms with Gasteiger partial charge in [-0.25, -0.2) is 4.39 Å². The Morgan fingerprint density at radius 2 is 1.68 bits per heavy atom. The zero-order valence-corrected chi connectivity index (χ0v) is 22.1. The Hall–Kier alpha value is -1.93. The summed E-state index contributed by atoms with van der Waals surface area (Å²) < 4.78 is 134. The van der Waals surface area contributed by atoms with Crippen molar-refractivity contribution < 1.29 is 48.7 Å². The van der Waals surface area contributed by atoms with Crippen LogP contribution < -0.4 is 5.32 Å². The molecule has 0 aliphatic heterocycles. The molecule has 2 aromatic rings. The number of halogens is 12. The summed E-state index contributed by atoms with van der Waals surface area (Å²) in [4.78, 5) is 12.4. The monoisotopic (exact) mass is 659 g/mol. The first-order chi connectivity index (χ1) is 17.3. The van der Waals surface area contributed by atoms with E-state index in [0.717, 1.165) is 12.1 Å². The summed E-state index contributed by atoms with van der Waals surface area (Å²) in [6.07, 6.45) is -14.6. The lowest BCUT2D eigenvalue weighted by molar-refractivity contribution is -0.140. The third-order valence-corrected chi connectivity index (χ3v) is 6.71. The van der Waals surface area contributed by atoms with E-state index < -0.39 is 70.2 Å². The maximum Gasteiger partial charge on any atom is 0.417 e. The summed E-state index contributed by atoms with van der Waals surface area (Å²) in [6, 6.07) is 3.74. The molecule has 0 spiro atoms. The van der Waals surface area contributed by atoms with Crippen LogP contribution in [0.15, 0.2) is 46.9 Å². The Kier molecular flexibility index (Phi) is 10.6. The van der Waals surface area contributed by atoms with E-state index in [-0.39, 0.29) is 27.4 Å². The van der Waals surface area contributed by atoms with Crippen LogP contribution in [0.2, 0.25) is 5.02 Å². The van der Waals surface area contributed by atoms with E-state index in [4.69, 9.17) is 11.6 Å². The minimum Gasteiger partial charge on any atom is -0.349 e. The number of alkyl halides is 9. The number of carbonyl (C=O) groups is 1. The second kappa shape index (κ2) is 12.5. The minimum atomic E-state index is -5.21. The average Bonchev–Trinajstić information content (AvgIpc) is 2.73. The van der Waals surface area contributed by atoms with Gasteiger partial charge in [0.05, 0.1) is 16.9 Å². The van der Waals surface area contributed by atoms with Gasteiger partial charge in [-0.3, -0.25) is 4.79 Å². The van der Waals surface area contributed by atoms with Crippen LogP contribution >= 0.6 is 39.3 Å². The van der Waals surface area contributed by atoms with E-state index in [0.29, 0.717) is 23.9 Å². The smallest absolute Gasteiger partial charge is 0.349 e. The molecule has 0 fully saturated rings. The van der Waals surface area contributed by atoms with Crippen LogP contribution in [0.3, 0.4) is 0 Å². The molecular weight excluding hydrogens is 644 g/mol. The summed E-state index contributed by atoms with van der Waals surface area (Å²) in [7, 11) is 0. The molecular formula is C23H17BrClF10NOS. The topological polar surface area (TPSA) is 29.1 Å². The highest BCUT2D eigenvalue weighted by Gasteiger charge is 2.41. The lowest BCUT2D eigenvalue weighted by Gasteiger charge is -2.19. The predicted octanol–water partition coefficient (Wildman–Crippen LogP) is 9.19. The number of allylic oxidation sites excluding steroid dienone is 1. The van der Waals surface area contributed by atoms with Crippen LogP contribution in [0.25, 0.3) is 5.83 Å². The van der Waals surface area contributed by atoms with Gasteiger partial charge in [0.25, 0.3) is 5.91 Å². The Morgan fingerprint density at radius 3 is 2.21 bits per heavy atom. The number of benzene rings is 2. The molecule has 1 N–H and O–H groups in total. The summed E-state index contributed by atoms with van der Waals surface area (Å²) in [5.74, 6) is -7.00. The van der Waals surface area contributed by atoms with Crippen molar-refractivity contribution in [2.45, 2.75) is 37.4 Å². The molecule has 15 heteroatoms. The normalized spacial score (nSPS) is 14.8. The van der Waals surface area contributed by atoms with E-state index in [1.54, 1.807) is 0 Å². The van der Waals surface area contributed by atoms with Crippen LogP contribution in [0.5, 0.6) is 0 Å².